The predicted octanol–water partition coefficient (Wildman–Crippen LogP) is 2.48. The fourth-order valence-corrected chi connectivity index (χ4v) is 3.97. The quantitative estimate of drug-likeness (QED) is 0.908. The Kier molecular flexibility index (Phi) is 4.49. The molecule has 1 unspecified atom stereocenters. The summed E-state index contributed by atoms with van der Waals surface area (Å²) in [6.07, 6.45) is 1.01. The van der Waals surface area contributed by atoms with Crippen LogP contribution in [-0.4, -0.2) is 28.2 Å². The van der Waals surface area contributed by atoms with Gasteiger partial charge in [-0.25, -0.2) is 13.6 Å². The molecule has 0 bridgehead atoms. The highest BCUT2D eigenvalue weighted by Gasteiger charge is 2.18. The third-order valence-electron chi connectivity index (χ3n) is 3.55. The summed E-state index contributed by atoms with van der Waals surface area (Å²) in [4.78, 5) is 0. The van der Waals surface area contributed by atoms with Crippen LogP contribution in [0.1, 0.15) is 6.42 Å². The number of sulfonamides is 1. The van der Waals surface area contributed by atoms with E-state index in [-0.39, 0.29) is 4.21 Å². The first-order valence-corrected chi connectivity index (χ1v) is 9.38. The van der Waals surface area contributed by atoms with Crippen LogP contribution in [0.25, 0.3) is 11.1 Å². The standard InChI is InChI=1S/C15H17NO4S2/c16-22(17,18)15-7-12(10-21-15)13-3-1-2-4-14(13)20-9-11-5-6-19-8-11/h1-4,7,10-11H,5-6,8-9H2,(H2,16,17,18). The molecule has 0 aliphatic carbocycles. The summed E-state index contributed by atoms with van der Waals surface area (Å²) in [5, 5.41) is 6.94. The van der Waals surface area contributed by atoms with Gasteiger partial charge >= 0.3 is 0 Å². The molecule has 1 fully saturated rings. The summed E-state index contributed by atoms with van der Waals surface area (Å²) in [6, 6.07) is 9.18. The summed E-state index contributed by atoms with van der Waals surface area (Å²) in [6.45, 7) is 2.12. The van der Waals surface area contributed by atoms with Crippen molar-refractivity contribution in [1.29, 1.82) is 0 Å². The number of nitrogens with two attached hydrogens (primary N) is 1. The van der Waals surface area contributed by atoms with Crippen molar-refractivity contribution >= 4 is 21.4 Å². The van der Waals surface area contributed by atoms with Crippen molar-refractivity contribution in [3.05, 3.63) is 35.7 Å². The van der Waals surface area contributed by atoms with Crippen LogP contribution in [0.3, 0.4) is 0 Å². The van der Waals surface area contributed by atoms with E-state index in [9.17, 15) is 8.42 Å². The molecule has 2 aromatic rings. The smallest absolute Gasteiger partial charge is 0.247 e. The van der Waals surface area contributed by atoms with Gasteiger partial charge in [0.2, 0.25) is 10.0 Å². The van der Waals surface area contributed by atoms with E-state index >= 15 is 0 Å². The Morgan fingerprint density at radius 1 is 1.36 bits per heavy atom. The van der Waals surface area contributed by atoms with Gasteiger partial charge in [0.1, 0.15) is 9.96 Å². The van der Waals surface area contributed by atoms with E-state index in [2.05, 4.69) is 0 Å². The number of primary sulfonamides is 1. The second kappa shape index (κ2) is 6.37. The minimum Gasteiger partial charge on any atom is -0.493 e. The normalized spacial score (nSPS) is 18.5. The molecule has 118 valence electrons. The topological polar surface area (TPSA) is 78.6 Å². The molecule has 1 atom stereocenters. The molecule has 22 heavy (non-hydrogen) atoms. The van der Waals surface area contributed by atoms with Crippen molar-refractivity contribution in [3.8, 4) is 16.9 Å². The first kappa shape index (κ1) is 15.5. The van der Waals surface area contributed by atoms with Crippen molar-refractivity contribution in [2.24, 2.45) is 11.1 Å². The zero-order valence-electron chi connectivity index (χ0n) is 11.9. The van der Waals surface area contributed by atoms with Gasteiger partial charge in [-0.3, -0.25) is 0 Å². The van der Waals surface area contributed by atoms with Crippen LogP contribution in [-0.2, 0) is 14.8 Å². The highest BCUT2D eigenvalue weighted by Crippen LogP contribution is 2.34. The van der Waals surface area contributed by atoms with Crippen molar-refractivity contribution in [2.75, 3.05) is 19.8 Å². The van der Waals surface area contributed by atoms with E-state index in [1.165, 1.54) is 0 Å². The fourth-order valence-electron chi connectivity index (χ4n) is 2.36. The fraction of sp³-hybridized carbons (Fsp3) is 0.333. The van der Waals surface area contributed by atoms with Crippen LogP contribution in [0, 0.1) is 5.92 Å². The molecule has 5 nitrogen and oxygen atoms in total. The lowest BCUT2D eigenvalue weighted by Gasteiger charge is -2.13. The number of para-hydroxylation sites is 1. The number of ether oxygens (including phenoxy) is 2. The van der Waals surface area contributed by atoms with E-state index in [0.717, 1.165) is 47.8 Å². The highest BCUT2D eigenvalue weighted by atomic mass is 32.2. The summed E-state index contributed by atoms with van der Waals surface area (Å²) in [5.74, 6) is 1.16. The summed E-state index contributed by atoms with van der Waals surface area (Å²) in [7, 11) is -3.67. The monoisotopic (exact) mass is 339 g/mol. The van der Waals surface area contributed by atoms with E-state index in [4.69, 9.17) is 14.6 Å². The van der Waals surface area contributed by atoms with Gasteiger partial charge in [-0.15, -0.1) is 11.3 Å². The highest BCUT2D eigenvalue weighted by molar-refractivity contribution is 7.91. The van der Waals surface area contributed by atoms with E-state index < -0.39 is 10.0 Å². The number of hydrogen-bond acceptors (Lipinski definition) is 5. The van der Waals surface area contributed by atoms with Crippen LogP contribution < -0.4 is 9.88 Å². The molecule has 1 aliphatic rings. The molecule has 0 radical (unpaired) electrons. The number of benzene rings is 1. The third-order valence-corrected chi connectivity index (χ3v) is 5.94. The van der Waals surface area contributed by atoms with Crippen molar-refractivity contribution in [1.82, 2.24) is 0 Å². The molecule has 2 N–H and O–H groups in total. The van der Waals surface area contributed by atoms with Gasteiger partial charge in [-0.1, -0.05) is 18.2 Å². The molecule has 2 heterocycles. The summed E-state index contributed by atoms with van der Waals surface area (Å²) in [5.41, 5.74) is 1.67. The van der Waals surface area contributed by atoms with Crippen LogP contribution in [0.4, 0.5) is 0 Å². The Bertz CT molecular complexity index is 748. The predicted molar refractivity (Wildman–Crippen MR) is 85.5 cm³/mol. The Hall–Kier alpha value is -1.41. The Balaban J connectivity index is 1.82. The van der Waals surface area contributed by atoms with Crippen LogP contribution in [0.2, 0.25) is 0 Å². The van der Waals surface area contributed by atoms with Gasteiger partial charge in [-0.05, 0) is 24.1 Å². The van der Waals surface area contributed by atoms with E-state index in [1.54, 1.807) is 11.4 Å². The molecule has 7 heteroatoms. The van der Waals surface area contributed by atoms with Gasteiger partial charge in [0.15, 0.2) is 0 Å². The Morgan fingerprint density at radius 3 is 2.86 bits per heavy atom. The number of rotatable bonds is 5. The zero-order valence-corrected chi connectivity index (χ0v) is 13.5. The number of hydrogen-bond donors (Lipinski definition) is 1. The van der Waals surface area contributed by atoms with Crippen LogP contribution in [0.5, 0.6) is 5.75 Å². The Morgan fingerprint density at radius 2 is 2.18 bits per heavy atom. The maximum Gasteiger partial charge on any atom is 0.247 e. The largest absolute Gasteiger partial charge is 0.493 e. The summed E-state index contributed by atoms with van der Waals surface area (Å²) >= 11 is 1.11. The second-order valence-corrected chi connectivity index (χ2v) is 7.94. The first-order chi connectivity index (χ1) is 10.5. The average molecular weight is 339 g/mol. The van der Waals surface area contributed by atoms with E-state index in [1.807, 2.05) is 24.3 Å². The van der Waals surface area contributed by atoms with Gasteiger partial charge < -0.3 is 9.47 Å². The molecule has 0 saturated carbocycles. The molecule has 1 aromatic carbocycles. The molecule has 1 saturated heterocycles. The van der Waals surface area contributed by atoms with Gasteiger partial charge in [0.25, 0.3) is 0 Å². The third kappa shape index (κ3) is 3.49. The molecule has 0 spiro atoms. The minimum atomic E-state index is -3.67. The lowest BCUT2D eigenvalue weighted by Crippen LogP contribution is -2.12. The average Bonchev–Trinajstić information content (AvgIpc) is 3.16. The first-order valence-electron chi connectivity index (χ1n) is 6.95. The SMILES string of the molecule is NS(=O)(=O)c1cc(-c2ccccc2OCC2CCOC2)cs1. The van der Waals surface area contributed by atoms with Crippen molar-refractivity contribution in [3.63, 3.8) is 0 Å². The minimum absolute atomic E-state index is 0.154. The lowest BCUT2D eigenvalue weighted by atomic mass is 10.1. The van der Waals surface area contributed by atoms with Gasteiger partial charge in [-0.2, -0.15) is 0 Å². The maximum atomic E-state index is 11.4. The Labute approximate surface area is 133 Å². The van der Waals surface area contributed by atoms with Crippen LogP contribution >= 0.6 is 11.3 Å². The molecule has 1 aliphatic heterocycles. The van der Waals surface area contributed by atoms with Crippen molar-refractivity contribution in [2.45, 2.75) is 10.6 Å². The molecular weight excluding hydrogens is 322 g/mol. The van der Waals surface area contributed by atoms with Gasteiger partial charge in [0, 0.05) is 23.5 Å². The second-order valence-electron chi connectivity index (χ2n) is 5.24. The van der Waals surface area contributed by atoms with Crippen molar-refractivity contribution < 1.29 is 17.9 Å². The van der Waals surface area contributed by atoms with Crippen LogP contribution in [0.15, 0.2) is 39.9 Å². The zero-order chi connectivity index (χ0) is 15.6. The molecular formula is C15H17NO4S2. The van der Waals surface area contributed by atoms with Gasteiger partial charge in [0.05, 0.1) is 13.2 Å². The lowest BCUT2D eigenvalue weighted by molar-refractivity contribution is 0.167. The van der Waals surface area contributed by atoms with E-state index in [0.29, 0.717) is 12.5 Å². The number of thiophene rings is 1. The summed E-state index contributed by atoms with van der Waals surface area (Å²) < 4.78 is 34.2. The molecule has 3 rings (SSSR count). The maximum absolute atomic E-state index is 11.4. The molecule has 0 amide bonds. The molecule has 1 aromatic heterocycles.